The molecule has 0 spiro atoms. The standard InChI is InChI=1S/C22H25N3O2/c1-16(27-14-19-10-11-19)22(26)23-12-17-6-8-18(9-7-17)13-25-15-24-20-4-2-3-5-21(20)25/h2-9,15-16,19H,10-14H2,1H3,(H,23,26). The molecule has 140 valence electrons. The molecule has 2 aromatic carbocycles. The second-order valence-electron chi connectivity index (χ2n) is 7.31. The number of hydrogen-bond donors (Lipinski definition) is 1. The van der Waals surface area contributed by atoms with Crippen LogP contribution in [0.4, 0.5) is 0 Å². The Labute approximate surface area is 159 Å². The Hall–Kier alpha value is -2.66. The third kappa shape index (κ3) is 4.55. The van der Waals surface area contributed by atoms with E-state index in [4.69, 9.17) is 4.74 Å². The van der Waals surface area contributed by atoms with E-state index in [1.165, 1.54) is 18.4 Å². The van der Waals surface area contributed by atoms with Crippen molar-refractivity contribution in [3.05, 3.63) is 66.0 Å². The van der Waals surface area contributed by atoms with Crippen molar-refractivity contribution in [2.45, 2.75) is 39.0 Å². The van der Waals surface area contributed by atoms with Crippen molar-refractivity contribution in [2.24, 2.45) is 5.92 Å². The zero-order valence-electron chi connectivity index (χ0n) is 15.6. The van der Waals surface area contributed by atoms with Crippen LogP contribution >= 0.6 is 0 Å². The number of hydrogen-bond acceptors (Lipinski definition) is 3. The minimum Gasteiger partial charge on any atom is -0.368 e. The van der Waals surface area contributed by atoms with Gasteiger partial charge in [-0.25, -0.2) is 4.98 Å². The monoisotopic (exact) mass is 363 g/mol. The fraction of sp³-hybridized carbons (Fsp3) is 0.364. The van der Waals surface area contributed by atoms with E-state index in [1.807, 2.05) is 31.5 Å². The zero-order valence-corrected chi connectivity index (χ0v) is 15.6. The second-order valence-corrected chi connectivity index (χ2v) is 7.31. The van der Waals surface area contributed by atoms with Gasteiger partial charge in [-0.15, -0.1) is 0 Å². The van der Waals surface area contributed by atoms with E-state index in [9.17, 15) is 4.79 Å². The largest absolute Gasteiger partial charge is 0.368 e. The van der Waals surface area contributed by atoms with Gasteiger partial charge in [0.2, 0.25) is 5.91 Å². The first-order chi connectivity index (χ1) is 13.2. The molecule has 1 unspecified atom stereocenters. The average molecular weight is 363 g/mol. The molecular weight excluding hydrogens is 338 g/mol. The van der Waals surface area contributed by atoms with Crippen molar-refractivity contribution in [3.63, 3.8) is 0 Å². The van der Waals surface area contributed by atoms with Crippen LogP contribution in [0.25, 0.3) is 11.0 Å². The van der Waals surface area contributed by atoms with Gasteiger partial charge in [-0.3, -0.25) is 4.79 Å². The summed E-state index contributed by atoms with van der Waals surface area (Å²) in [5.74, 6) is 0.616. The lowest BCUT2D eigenvalue weighted by atomic mass is 10.1. The number of benzene rings is 2. The smallest absolute Gasteiger partial charge is 0.249 e. The van der Waals surface area contributed by atoms with Crippen molar-refractivity contribution in [2.75, 3.05) is 6.61 Å². The Morgan fingerprint density at radius 1 is 1.19 bits per heavy atom. The van der Waals surface area contributed by atoms with Crippen molar-refractivity contribution in [3.8, 4) is 0 Å². The second kappa shape index (κ2) is 7.92. The van der Waals surface area contributed by atoms with E-state index < -0.39 is 0 Å². The summed E-state index contributed by atoms with van der Waals surface area (Å²) in [6, 6.07) is 16.5. The summed E-state index contributed by atoms with van der Waals surface area (Å²) in [7, 11) is 0. The van der Waals surface area contributed by atoms with E-state index in [0.29, 0.717) is 19.1 Å². The highest BCUT2D eigenvalue weighted by Gasteiger charge is 2.23. The van der Waals surface area contributed by atoms with Gasteiger partial charge in [0, 0.05) is 13.1 Å². The molecule has 1 atom stereocenters. The van der Waals surface area contributed by atoms with Gasteiger partial charge >= 0.3 is 0 Å². The van der Waals surface area contributed by atoms with Gasteiger partial charge in [0.25, 0.3) is 0 Å². The highest BCUT2D eigenvalue weighted by Crippen LogP contribution is 2.29. The molecule has 1 saturated carbocycles. The Morgan fingerprint density at radius 3 is 2.70 bits per heavy atom. The van der Waals surface area contributed by atoms with Crippen molar-refractivity contribution < 1.29 is 9.53 Å². The van der Waals surface area contributed by atoms with Gasteiger partial charge in [0.1, 0.15) is 6.10 Å². The number of amides is 1. The molecule has 5 heteroatoms. The summed E-state index contributed by atoms with van der Waals surface area (Å²) in [6.45, 7) is 3.81. The number of ether oxygens (including phenoxy) is 1. The summed E-state index contributed by atoms with van der Waals surface area (Å²) in [5, 5.41) is 2.95. The third-order valence-electron chi connectivity index (χ3n) is 5.02. The Kier molecular flexibility index (Phi) is 5.21. The van der Waals surface area contributed by atoms with E-state index in [2.05, 4.69) is 45.2 Å². The maximum atomic E-state index is 12.1. The summed E-state index contributed by atoms with van der Waals surface area (Å²) in [5.41, 5.74) is 4.43. The third-order valence-corrected chi connectivity index (χ3v) is 5.02. The summed E-state index contributed by atoms with van der Waals surface area (Å²) < 4.78 is 7.75. The minimum atomic E-state index is -0.389. The van der Waals surface area contributed by atoms with Crippen LogP contribution in [-0.4, -0.2) is 28.2 Å². The van der Waals surface area contributed by atoms with Crippen molar-refractivity contribution in [1.82, 2.24) is 14.9 Å². The van der Waals surface area contributed by atoms with Crippen LogP contribution in [0.15, 0.2) is 54.9 Å². The maximum Gasteiger partial charge on any atom is 0.249 e. The predicted octanol–water partition coefficient (Wildman–Crippen LogP) is 3.52. The number of carbonyl (C=O) groups is 1. The molecule has 1 amide bonds. The highest BCUT2D eigenvalue weighted by atomic mass is 16.5. The van der Waals surface area contributed by atoms with Crippen LogP contribution in [-0.2, 0) is 22.6 Å². The number of nitrogens with one attached hydrogen (secondary N) is 1. The fourth-order valence-corrected chi connectivity index (χ4v) is 3.07. The molecule has 1 aliphatic rings. The first-order valence-electron chi connectivity index (χ1n) is 9.56. The van der Waals surface area contributed by atoms with Gasteiger partial charge in [-0.1, -0.05) is 36.4 Å². The molecule has 1 heterocycles. The molecule has 27 heavy (non-hydrogen) atoms. The first-order valence-corrected chi connectivity index (χ1v) is 9.56. The quantitative estimate of drug-likeness (QED) is 0.666. The van der Waals surface area contributed by atoms with Crippen LogP contribution in [0.5, 0.6) is 0 Å². The number of nitrogens with zero attached hydrogens (tertiary/aromatic N) is 2. The predicted molar refractivity (Wildman–Crippen MR) is 105 cm³/mol. The van der Waals surface area contributed by atoms with Crippen molar-refractivity contribution >= 4 is 16.9 Å². The normalized spacial score (nSPS) is 15.0. The van der Waals surface area contributed by atoms with E-state index in [1.54, 1.807) is 0 Å². The average Bonchev–Trinajstić information content (AvgIpc) is 3.45. The number of imidazole rings is 1. The van der Waals surface area contributed by atoms with E-state index in [0.717, 1.165) is 23.1 Å². The Balaban J connectivity index is 1.30. The highest BCUT2D eigenvalue weighted by molar-refractivity contribution is 5.80. The molecule has 0 radical (unpaired) electrons. The molecule has 5 nitrogen and oxygen atoms in total. The number of aromatic nitrogens is 2. The molecule has 1 aliphatic carbocycles. The zero-order chi connectivity index (χ0) is 18.6. The number of para-hydroxylation sites is 2. The topological polar surface area (TPSA) is 56.1 Å². The van der Waals surface area contributed by atoms with Gasteiger partial charge in [-0.05, 0) is 48.9 Å². The molecule has 0 bridgehead atoms. The first kappa shape index (κ1) is 17.7. The van der Waals surface area contributed by atoms with Crippen LogP contribution in [0.1, 0.15) is 30.9 Å². The Morgan fingerprint density at radius 2 is 1.93 bits per heavy atom. The van der Waals surface area contributed by atoms with Crippen LogP contribution in [0.3, 0.4) is 0 Å². The lowest BCUT2D eigenvalue weighted by Crippen LogP contribution is -2.34. The SMILES string of the molecule is CC(OCC1CC1)C(=O)NCc1ccc(Cn2cnc3ccccc32)cc1. The minimum absolute atomic E-state index is 0.0513. The lowest BCUT2D eigenvalue weighted by molar-refractivity contribution is -0.132. The van der Waals surface area contributed by atoms with Gasteiger partial charge in [0.05, 0.1) is 24.0 Å². The molecule has 3 aromatic rings. The molecule has 0 aliphatic heterocycles. The molecule has 0 saturated heterocycles. The molecule has 1 aromatic heterocycles. The molecule has 1 fully saturated rings. The van der Waals surface area contributed by atoms with Gasteiger partial charge in [0.15, 0.2) is 0 Å². The van der Waals surface area contributed by atoms with Crippen LogP contribution < -0.4 is 5.32 Å². The molecule has 4 rings (SSSR count). The molecule has 1 N–H and O–H groups in total. The summed E-state index contributed by atoms with van der Waals surface area (Å²) in [4.78, 5) is 16.5. The Bertz CT molecular complexity index is 913. The number of rotatable bonds is 8. The summed E-state index contributed by atoms with van der Waals surface area (Å²) >= 11 is 0. The van der Waals surface area contributed by atoms with Crippen LogP contribution in [0, 0.1) is 5.92 Å². The maximum absolute atomic E-state index is 12.1. The van der Waals surface area contributed by atoms with E-state index in [-0.39, 0.29) is 12.0 Å². The number of fused-ring (bicyclic) bond motifs is 1. The van der Waals surface area contributed by atoms with Crippen molar-refractivity contribution in [1.29, 1.82) is 0 Å². The lowest BCUT2D eigenvalue weighted by Gasteiger charge is -2.13. The number of carbonyl (C=O) groups excluding carboxylic acids is 1. The van der Waals surface area contributed by atoms with E-state index >= 15 is 0 Å². The van der Waals surface area contributed by atoms with Gasteiger partial charge < -0.3 is 14.6 Å². The van der Waals surface area contributed by atoms with Gasteiger partial charge in [-0.2, -0.15) is 0 Å². The summed E-state index contributed by atoms with van der Waals surface area (Å²) in [6.07, 6.45) is 3.95. The van der Waals surface area contributed by atoms with Crippen LogP contribution in [0.2, 0.25) is 0 Å². The fourth-order valence-electron chi connectivity index (χ4n) is 3.07. The molecular formula is C22H25N3O2.